The number of hydrogen-bond donors (Lipinski definition) is 0. The van der Waals surface area contributed by atoms with Crippen LogP contribution in [-0.2, 0) is 19.1 Å². The van der Waals surface area contributed by atoms with E-state index in [9.17, 15) is 9.59 Å². The molecule has 1 aliphatic rings. The summed E-state index contributed by atoms with van der Waals surface area (Å²) >= 11 is 0. The summed E-state index contributed by atoms with van der Waals surface area (Å²) in [6.07, 6.45) is 0. The Hall–Kier alpha value is -2.83. The minimum Gasteiger partial charge on any atom is -0.497 e. The van der Waals surface area contributed by atoms with Gasteiger partial charge in [-0.15, -0.1) is 0 Å². The minimum atomic E-state index is -0.759. The molecule has 2 atom stereocenters. The lowest BCUT2D eigenvalue weighted by Crippen LogP contribution is -2.36. The number of ether oxygens (including phenoxy) is 4. The third-order valence-corrected chi connectivity index (χ3v) is 4.64. The molecule has 1 heterocycles. The highest BCUT2D eigenvalue weighted by molar-refractivity contribution is 6.07. The Bertz CT molecular complexity index is 811. The number of esters is 2. The van der Waals surface area contributed by atoms with E-state index in [-0.39, 0.29) is 13.2 Å². The van der Waals surface area contributed by atoms with Gasteiger partial charge in [0.2, 0.25) is 0 Å². The maximum Gasteiger partial charge on any atom is 0.336 e. The zero-order chi connectivity index (χ0) is 20.8. The molecule has 0 unspecified atom stereocenters. The highest BCUT2D eigenvalue weighted by atomic mass is 16.5. The molecule has 0 saturated carbocycles. The van der Waals surface area contributed by atoms with Crippen LogP contribution in [0.1, 0.15) is 39.2 Å². The molecular formula is C21H27NO6. The zero-order valence-corrected chi connectivity index (χ0v) is 17.2. The second kappa shape index (κ2) is 9.39. The number of rotatable bonds is 7. The summed E-state index contributed by atoms with van der Waals surface area (Å²) in [5.74, 6) is -1.24. The van der Waals surface area contributed by atoms with E-state index in [0.29, 0.717) is 34.0 Å². The smallest absolute Gasteiger partial charge is 0.336 e. The van der Waals surface area contributed by atoms with Gasteiger partial charge in [0.15, 0.2) is 0 Å². The Kier molecular flexibility index (Phi) is 7.20. The first-order chi connectivity index (χ1) is 13.4. The maximum absolute atomic E-state index is 12.8. The fourth-order valence-electron chi connectivity index (χ4n) is 3.46. The second-order valence-electron chi connectivity index (χ2n) is 6.29. The quantitative estimate of drug-likeness (QED) is 0.666. The van der Waals surface area contributed by atoms with E-state index in [1.54, 1.807) is 53.0 Å². The van der Waals surface area contributed by atoms with Gasteiger partial charge in [-0.1, -0.05) is 6.07 Å². The lowest BCUT2D eigenvalue weighted by Gasteiger charge is -2.32. The Balaban J connectivity index is 2.71. The topological polar surface area (TPSA) is 83.4 Å². The third-order valence-electron chi connectivity index (χ3n) is 4.64. The summed E-state index contributed by atoms with van der Waals surface area (Å²) in [7, 11) is 3.09. The number of methoxy groups -OCH3 is 2. The first-order valence-electron chi connectivity index (χ1n) is 9.21. The summed E-state index contributed by atoms with van der Waals surface area (Å²) in [4.78, 5) is 30.0. The van der Waals surface area contributed by atoms with Gasteiger partial charge in [0.05, 0.1) is 33.0 Å². The van der Waals surface area contributed by atoms with Crippen LogP contribution >= 0.6 is 0 Å². The normalized spacial score (nSPS) is 19.0. The number of carbonyl (C=O) groups is 2. The predicted octanol–water partition coefficient (Wildman–Crippen LogP) is 3.28. The fourth-order valence-corrected chi connectivity index (χ4v) is 3.46. The third kappa shape index (κ3) is 4.18. The first kappa shape index (κ1) is 21.5. The van der Waals surface area contributed by atoms with Crippen LogP contribution in [-0.4, -0.2) is 45.1 Å². The van der Waals surface area contributed by atoms with E-state index in [0.717, 1.165) is 0 Å². The molecule has 0 aromatic heterocycles. The number of nitrogens with zero attached hydrogens (tertiary/aromatic N) is 1. The maximum atomic E-state index is 12.8. The van der Waals surface area contributed by atoms with Crippen molar-refractivity contribution in [3.05, 3.63) is 35.0 Å². The Morgan fingerprint density at radius 1 is 1.04 bits per heavy atom. The van der Waals surface area contributed by atoms with E-state index < -0.39 is 23.8 Å². The molecule has 0 spiro atoms. The van der Waals surface area contributed by atoms with Crippen LogP contribution in [0.25, 0.3) is 0 Å². The van der Waals surface area contributed by atoms with E-state index in [1.807, 2.05) is 0 Å². The van der Waals surface area contributed by atoms with Crippen molar-refractivity contribution in [2.24, 2.45) is 10.9 Å². The Morgan fingerprint density at radius 2 is 1.71 bits per heavy atom. The number of carbonyl (C=O) groups excluding carboxylic acids is 2. The molecule has 152 valence electrons. The van der Waals surface area contributed by atoms with Crippen molar-refractivity contribution < 1.29 is 28.5 Å². The van der Waals surface area contributed by atoms with Crippen LogP contribution in [0.3, 0.4) is 0 Å². The summed E-state index contributed by atoms with van der Waals surface area (Å²) < 4.78 is 21.4. The second-order valence-corrected chi connectivity index (χ2v) is 6.29. The molecule has 7 heteroatoms. The lowest BCUT2D eigenvalue weighted by atomic mass is 9.75. The molecule has 28 heavy (non-hydrogen) atoms. The van der Waals surface area contributed by atoms with Gasteiger partial charge in [-0.25, -0.2) is 4.79 Å². The molecule has 0 bridgehead atoms. The van der Waals surface area contributed by atoms with Gasteiger partial charge in [0.1, 0.15) is 17.4 Å². The monoisotopic (exact) mass is 389 g/mol. The summed E-state index contributed by atoms with van der Waals surface area (Å²) in [6.45, 7) is 7.41. The van der Waals surface area contributed by atoms with E-state index >= 15 is 0 Å². The average Bonchev–Trinajstić information content (AvgIpc) is 2.67. The molecule has 2 rings (SSSR count). The Morgan fingerprint density at radius 3 is 2.29 bits per heavy atom. The van der Waals surface area contributed by atoms with Crippen LogP contribution in [0.2, 0.25) is 0 Å². The van der Waals surface area contributed by atoms with Gasteiger partial charge in [0.25, 0.3) is 0 Å². The van der Waals surface area contributed by atoms with Gasteiger partial charge < -0.3 is 18.9 Å². The lowest BCUT2D eigenvalue weighted by molar-refractivity contribution is -0.146. The molecule has 7 nitrogen and oxygen atoms in total. The number of aliphatic imine (C=N–C) groups is 1. The molecule has 1 aliphatic heterocycles. The van der Waals surface area contributed by atoms with Crippen molar-refractivity contribution >= 4 is 17.7 Å². The number of hydrogen-bond acceptors (Lipinski definition) is 7. The molecule has 1 aromatic carbocycles. The summed E-state index contributed by atoms with van der Waals surface area (Å²) in [6, 6.07) is 5.27. The molecule has 0 N–H and O–H groups in total. The fraction of sp³-hybridized carbons (Fsp3) is 0.476. The van der Waals surface area contributed by atoms with Gasteiger partial charge in [0, 0.05) is 29.0 Å². The number of allylic oxidation sites excluding steroid dienone is 1. The molecule has 0 saturated heterocycles. The van der Waals surface area contributed by atoms with E-state index in [4.69, 9.17) is 18.9 Å². The van der Waals surface area contributed by atoms with Gasteiger partial charge >= 0.3 is 11.9 Å². The van der Waals surface area contributed by atoms with Crippen molar-refractivity contribution in [3.63, 3.8) is 0 Å². The molecule has 0 radical (unpaired) electrons. The zero-order valence-electron chi connectivity index (χ0n) is 17.2. The Labute approximate surface area is 165 Å². The minimum absolute atomic E-state index is 0.217. The van der Waals surface area contributed by atoms with Gasteiger partial charge in [-0.2, -0.15) is 0 Å². The molecule has 1 aromatic rings. The van der Waals surface area contributed by atoms with Crippen LogP contribution in [0, 0.1) is 5.92 Å². The van der Waals surface area contributed by atoms with Crippen LogP contribution < -0.4 is 9.47 Å². The molecule has 0 fully saturated rings. The first-order valence-corrected chi connectivity index (χ1v) is 9.21. The van der Waals surface area contributed by atoms with Crippen molar-refractivity contribution in [2.75, 3.05) is 27.4 Å². The summed E-state index contributed by atoms with van der Waals surface area (Å²) in [5, 5.41) is 0. The van der Waals surface area contributed by atoms with Crippen molar-refractivity contribution in [2.45, 2.75) is 33.6 Å². The highest BCUT2D eigenvalue weighted by Crippen LogP contribution is 2.44. The van der Waals surface area contributed by atoms with Gasteiger partial charge in [-0.05, 0) is 33.8 Å². The molecule has 0 aliphatic carbocycles. The van der Waals surface area contributed by atoms with Gasteiger partial charge in [-0.3, -0.25) is 9.79 Å². The van der Waals surface area contributed by atoms with Crippen molar-refractivity contribution in [3.8, 4) is 11.5 Å². The molecular weight excluding hydrogens is 362 g/mol. The van der Waals surface area contributed by atoms with E-state index in [1.165, 1.54) is 7.11 Å². The van der Waals surface area contributed by atoms with Crippen LogP contribution in [0.4, 0.5) is 0 Å². The SMILES string of the molecule is CCOC(=O)C1=C(C)N=C(C)[C@H](C(=O)OCC)[C@@H]1c1ccc(OC)cc1OC. The standard InChI is InChI=1S/C21H27NO6/c1-7-27-20(23)17-12(3)22-13(4)18(21(24)28-8-2)19(17)15-10-9-14(25-5)11-16(15)26-6/h9-11,17,19H,7-8H2,1-6H3/t17-,19-/m0/s1. The largest absolute Gasteiger partial charge is 0.497 e. The van der Waals surface area contributed by atoms with Crippen LogP contribution in [0.5, 0.6) is 11.5 Å². The van der Waals surface area contributed by atoms with E-state index in [2.05, 4.69) is 4.99 Å². The summed E-state index contributed by atoms with van der Waals surface area (Å²) in [5.41, 5.74) is 2.08. The van der Waals surface area contributed by atoms with Crippen molar-refractivity contribution in [1.29, 1.82) is 0 Å². The number of benzene rings is 1. The predicted molar refractivity (Wildman–Crippen MR) is 105 cm³/mol. The molecule has 0 amide bonds. The van der Waals surface area contributed by atoms with Crippen LogP contribution in [0.15, 0.2) is 34.5 Å². The highest BCUT2D eigenvalue weighted by Gasteiger charge is 2.43. The van der Waals surface area contributed by atoms with Crippen molar-refractivity contribution in [1.82, 2.24) is 0 Å². The average molecular weight is 389 g/mol.